The summed E-state index contributed by atoms with van der Waals surface area (Å²) in [6.45, 7) is 3.01. The zero-order valence-corrected chi connectivity index (χ0v) is 13.8. The van der Waals surface area contributed by atoms with Gasteiger partial charge in [-0.3, -0.25) is 0 Å². The van der Waals surface area contributed by atoms with Gasteiger partial charge in [-0.25, -0.2) is 4.98 Å². The quantitative estimate of drug-likeness (QED) is 0.546. The highest BCUT2D eigenvalue weighted by molar-refractivity contribution is 7.99. The number of carbonyl (C=O) groups excluding carboxylic acids is 1. The molecule has 0 aliphatic heterocycles. The summed E-state index contributed by atoms with van der Waals surface area (Å²) in [5.74, 6) is 1.11. The van der Waals surface area contributed by atoms with Crippen molar-refractivity contribution in [2.75, 3.05) is 19.5 Å². The molecule has 1 aromatic heterocycles. The third-order valence-corrected chi connectivity index (χ3v) is 4.40. The largest absolute Gasteiger partial charge is 0.383 e. The van der Waals surface area contributed by atoms with E-state index in [4.69, 9.17) is 16.3 Å². The Balaban J connectivity index is 2.17. The van der Waals surface area contributed by atoms with Gasteiger partial charge in [-0.2, -0.15) is 0 Å². The molecular formula is C15H19ClN2O2S. The normalized spacial score (nSPS) is 11.2. The highest BCUT2D eigenvalue weighted by Gasteiger charge is 2.11. The van der Waals surface area contributed by atoms with Gasteiger partial charge in [0.1, 0.15) is 5.78 Å². The number of halogens is 1. The van der Waals surface area contributed by atoms with E-state index in [1.807, 2.05) is 18.2 Å². The molecule has 21 heavy (non-hydrogen) atoms. The second-order valence-corrected chi connectivity index (χ2v) is 6.32. The fourth-order valence-corrected chi connectivity index (χ4v) is 3.22. The highest BCUT2D eigenvalue weighted by atomic mass is 35.5. The molecule has 0 amide bonds. The molecule has 0 bridgehead atoms. The molecule has 0 atom stereocenters. The maximum absolute atomic E-state index is 11.0. The highest BCUT2D eigenvalue weighted by Crippen LogP contribution is 2.26. The van der Waals surface area contributed by atoms with E-state index in [2.05, 4.69) is 9.55 Å². The van der Waals surface area contributed by atoms with Gasteiger partial charge < -0.3 is 14.1 Å². The maximum atomic E-state index is 11.0. The summed E-state index contributed by atoms with van der Waals surface area (Å²) in [6.07, 6.45) is 1.49. The van der Waals surface area contributed by atoms with Gasteiger partial charge in [0.15, 0.2) is 5.16 Å². The lowest BCUT2D eigenvalue weighted by Gasteiger charge is -2.08. The van der Waals surface area contributed by atoms with Crippen LogP contribution in [0.25, 0.3) is 11.0 Å². The smallest absolute Gasteiger partial charge is 0.169 e. The van der Waals surface area contributed by atoms with Crippen LogP contribution in [0.2, 0.25) is 5.02 Å². The lowest BCUT2D eigenvalue weighted by molar-refractivity contribution is -0.117. The SMILES string of the molecule is COCCn1c(SCCCC(C)=O)nc2cc(Cl)ccc21. The molecule has 0 aliphatic rings. The average Bonchev–Trinajstić information content (AvgIpc) is 2.77. The number of thioether (sulfide) groups is 1. The molecule has 1 aromatic carbocycles. The van der Waals surface area contributed by atoms with Gasteiger partial charge in [0.2, 0.25) is 0 Å². The van der Waals surface area contributed by atoms with Crippen LogP contribution in [-0.4, -0.2) is 34.8 Å². The molecule has 0 radical (unpaired) electrons. The molecule has 0 fully saturated rings. The molecule has 6 heteroatoms. The van der Waals surface area contributed by atoms with Crippen LogP contribution in [0.1, 0.15) is 19.8 Å². The molecule has 2 rings (SSSR count). The summed E-state index contributed by atoms with van der Waals surface area (Å²) >= 11 is 7.70. The Hall–Kier alpha value is -1.04. The minimum absolute atomic E-state index is 0.232. The van der Waals surface area contributed by atoms with Crippen LogP contribution in [0.4, 0.5) is 0 Å². The zero-order valence-electron chi connectivity index (χ0n) is 12.3. The number of carbonyl (C=O) groups is 1. The number of hydrogen-bond acceptors (Lipinski definition) is 4. The molecule has 0 saturated heterocycles. The van der Waals surface area contributed by atoms with Crippen LogP contribution >= 0.6 is 23.4 Å². The first-order valence-electron chi connectivity index (χ1n) is 6.89. The van der Waals surface area contributed by atoms with E-state index in [1.54, 1.807) is 25.8 Å². The van der Waals surface area contributed by atoms with Crippen molar-refractivity contribution in [1.82, 2.24) is 9.55 Å². The summed E-state index contributed by atoms with van der Waals surface area (Å²) in [5.41, 5.74) is 1.96. The lowest BCUT2D eigenvalue weighted by Crippen LogP contribution is -2.05. The summed E-state index contributed by atoms with van der Waals surface area (Å²) < 4.78 is 7.32. The summed E-state index contributed by atoms with van der Waals surface area (Å²) in [6, 6.07) is 5.73. The van der Waals surface area contributed by atoms with Gasteiger partial charge in [0.05, 0.1) is 17.6 Å². The predicted octanol–water partition coefficient (Wildman–Crippen LogP) is 3.80. The van der Waals surface area contributed by atoms with Gasteiger partial charge in [-0.05, 0) is 31.5 Å². The van der Waals surface area contributed by atoms with E-state index in [-0.39, 0.29) is 5.78 Å². The van der Waals surface area contributed by atoms with Crippen molar-refractivity contribution >= 4 is 40.2 Å². The molecule has 1 heterocycles. The molecule has 0 unspecified atom stereocenters. The van der Waals surface area contributed by atoms with Crippen LogP contribution in [0.5, 0.6) is 0 Å². The number of hydrogen-bond donors (Lipinski definition) is 0. The van der Waals surface area contributed by atoms with Gasteiger partial charge >= 0.3 is 0 Å². The average molecular weight is 327 g/mol. The Morgan fingerprint density at radius 1 is 1.48 bits per heavy atom. The predicted molar refractivity (Wildman–Crippen MR) is 87.3 cm³/mol. The summed E-state index contributed by atoms with van der Waals surface area (Å²) in [5, 5.41) is 1.64. The second kappa shape index (κ2) is 7.82. The molecule has 0 N–H and O–H groups in total. The molecular weight excluding hydrogens is 308 g/mol. The van der Waals surface area contributed by atoms with Crippen molar-refractivity contribution in [3.05, 3.63) is 23.2 Å². The number of nitrogens with zero attached hydrogens (tertiary/aromatic N) is 2. The van der Waals surface area contributed by atoms with E-state index in [0.29, 0.717) is 18.1 Å². The second-order valence-electron chi connectivity index (χ2n) is 4.83. The van der Waals surface area contributed by atoms with Gasteiger partial charge in [-0.1, -0.05) is 23.4 Å². The number of ketones is 1. The molecule has 114 valence electrons. The fraction of sp³-hybridized carbons (Fsp3) is 0.467. The van der Waals surface area contributed by atoms with Crippen molar-refractivity contribution < 1.29 is 9.53 Å². The Bertz CT molecular complexity index is 627. The summed E-state index contributed by atoms with van der Waals surface area (Å²) in [4.78, 5) is 15.6. The number of benzene rings is 1. The molecule has 2 aromatic rings. The van der Waals surface area contributed by atoms with Crippen LogP contribution in [0, 0.1) is 0 Å². The van der Waals surface area contributed by atoms with Crippen LogP contribution in [0.15, 0.2) is 23.4 Å². The first-order chi connectivity index (χ1) is 10.1. The summed E-state index contributed by atoms with van der Waals surface area (Å²) in [7, 11) is 1.69. The van der Waals surface area contributed by atoms with Gasteiger partial charge in [0, 0.05) is 30.9 Å². The minimum atomic E-state index is 0.232. The Morgan fingerprint density at radius 2 is 2.29 bits per heavy atom. The van der Waals surface area contributed by atoms with Crippen molar-refractivity contribution in [1.29, 1.82) is 0 Å². The Labute approximate surface area is 133 Å². The van der Waals surface area contributed by atoms with E-state index in [0.717, 1.165) is 34.9 Å². The number of imidazole rings is 1. The van der Waals surface area contributed by atoms with Crippen molar-refractivity contribution in [3.8, 4) is 0 Å². The maximum Gasteiger partial charge on any atom is 0.169 e. The first-order valence-corrected chi connectivity index (χ1v) is 8.25. The van der Waals surface area contributed by atoms with Crippen LogP contribution in [0.3, 0.4) is 0 Å². The first kappa shape index (κ1) is 16.3. The standard InChI is InChI=1S/C15H19ClN2O2S/c1-11(19)4-3-9-21-15-17-13-10-12(16)5-6-14(13)18(15)7-8-20-2/h5-6,10H,3-4,7-9H2,1-2H3. The molecule has 0 aliphatic carbocycles. The number of ether oxygens (including phenoxy) is 1. The third-order valence-electron chi connectivity index (χ3n) is 3.10. The van der Waals surface area contributed by atoms with Gasteiger partial charge in [0.25, 0.3) is 0 Å². The number of Topliss-reactive ketones (excluding diaryl/α,β-unsaturated/α-hetero) is 1. The number of fused-ring (bicyclic) bond motifs is 1. The van der Waals surface area contributed by atoms with Crippen LogP contribution < -0.4 is 0 Å². The third kappa shape index (κ3) is 4.46. The van der Waals surface area contributed by atoms with Crippen LogP contribution in [-0.2, 0) is 16.1 Å². The van der Waals surface area contributed by atoms with E-state index < -0.39 is 0 Å². The molecule has 0 saturated carbocycles. The zero-order chi connectivity index (χ0) is 15.2. The Morgan fingerprint density at radius 3 is 3.00 bits per heavy atom. The number of methoxy groups -OCH3 is 1. The number of aromatic nitrogens is 2. The van der Waals surface area contributed by atoms with Crippen molar-refractivity contribution in [2.45, 2.75) is 31.5 Å². The molecule has 4 nitrogen and oxygen atoms in total. The van der Waals surface area contributed by atoms with Crippen molar-refractivity contribution in [3.63, 3.8) is 0 Å². The minimum Gasteiger partial charge on any atom is -0.383 e. The topological polar surface area (TPSA) is 44.1 Å². The van der Waals surface area contributed by atoms with E-state index in [9.17, 15) is 4.79 Å². The molecule has 0 spiro atoms. The fourth-order valence-electron chi connectivity index (χ4n) is 2.07. The monoisotopic (exact) mass is 326 g/mol. The van der Waals surface area contributed by atoms with E-state index >= 15 is 0 Å². The van der Waals surface area contributed by atoms with Crippen molar-refractivity contribution in [2.24, 2.45) is 0 Å². The number of rotatable bonds is 8. The Kier molecular flexibility index (Phi) is 6.08. The lowest BCUT2D eigenvalue weighted by atomic mass is 10.3. The van der Waals surface area contributed by atoms with Gasteiger partial charge in [-0.15, -0.1) is 0 Å². The van der Waals surface area contributed by atoms with E-state index in [1.165, 1.54) is 0 Å².